The number of rotatable bonds is 6. The molecule has 194 valence electrons. The van der Waals surface area contributed by atoms with Crippen LogP contribution < -0.4 is 10.1 Å². The SMILES string of the molecule is C=C1CCC(N2Cc3cc(O[C@@H]4CCCC[C@@H]4N4CC(OC5CC(F)(F)C5)C4)ccc3C2=O)C(=O)N1. The number of nitrogens with one attached hydrogen (secondary N) is 1. The molecule has 2 saturated carbocycles. The summed E-state index contributed by atoms with van der Waals surface area (Å²) in [7, 11) is 0. The molecule has 2 amide bonds. The monoisotopic (exact) mass is 501 g/mol. The normalized spacial score (nSPS) is 31.0. The number of halogens is 2. The highest BCUT2D eigenvalue weighted by molar-refractivity contribution is 6.01. The highest BCUT2D eigenvalue weighted by atomic mass is 19.3. The maximum atomic E-state index is 13.1. The van der Waals surface area contributed by atoms with Crippen molar-refractivity contribution in [1.82, 2.24) is 15.1 Å². The predicted molar refractivity (Wildman–Crippen MR) is 128 cm³/mol. The van der Waals surface area contributed by atoms with Crippen LogP contribution in [0.2, 0.25) is 0 Å². The number of piperidine rings is 1. The van der Waals surface area contributed by atoms with Crippen molar-refractivity contribution in [3.05, 3.63) is 41.6 Å². The van der Waals surface area contributed by atoms with E-state index in [1.54, 1.807) is 4.90 Å². The molecule has 0 bridgehead atoms. The van der Waals surface area contributed by atoms with Crippen LogP contribution in [0, 0.1) is 0 Å². The lowest BCUT2D eigenvalue weighted by Crippen LogP contribution is -2.62. The second kappa shape index (κ2) is 9.10. The van der Waals surface area contributed by atoms with Crippen LogP contribution in [0.1, 0.15) is 67.3 Å². The highest BCUT2D eigenvalue weighted by Crippen LogP contribution is 2.41. The van der Waals surface area contributed by atoms with Crippen molar-refractivity contribution in [1.29, 1.82) is 0 Å². The van der Waals surface area contributed by atoms with Gasteiger partial charge in [0.2, 0.25) is 5.91 Å². The first-order valence-corrected chi connectivity index (χ1v) is 13.1. The summed E-state index contributed by atoms with van der Waals surface area (Å²) < 4.78 is 38.5. The molecule has 5 aliphatic rings. The van der Waals surface area contributed by atoms with Crippen molar-refractivity contribution < 1.29 is 27.8 Å². The van der Waals surface area contributed by atoms with Crippen molar-refractivity contribution in [2.45, 2.75) is 94.2 Å². The van der Waals surface area contributed by atoms with Crippen LogP contribution in [-0.2, 0) is 16.1 Å². The Balaban J connectivity index is 1.07. The second-order valence-corrected chi connectivity index (χ2v) is 11.0. The third-order valence-corrected chi connectivity index (χ3v) is 8.35. The summed E-state index contributed by atoms with van der Waals surface area (Å²) in [5, 5.41) is 2.77. The number of likely N-dealkylation sites (tertiary alicyclic amines) is 1. The Hall–Kier alpha value is -2.52. The van der Waals surface area contributed by atoms with E-state index in [2.05, 4.69) is 16.8 Å². The number of allylic oxidation sites excluding steroid dienone is 1. The molecule has 3 aliphatic heterocycles. The summed E-state index contributed by atoms with van der Waals surface area (Å²) in [5.74, 6) is -2.09. The van der Waals surface area contributed by atoms with Crippen LogP contribution in [0.5, 0.6) is 5.75 Å². The smallest absolute Gasteiger partial charge is 0.255 e. The zero-order valence-electron chi connectivity index (χ0n) is 20.4. The van der Waals surface area contributed by atoms with Gasteiger partial charge in [0.25, 0.3) is 11.8 Å². The zero-order valence-corrected chi connectivity index (χ0v) is 20.4. The van der Waals surface area contributed by atoms with Crippen LogP contribution >= 0.6 is 0 Å². The van der Waals surface area contributed by atoms with Crippen molar-refractivity contribution in [3.8, 4) is 5.75 Å². The molecule has 1 aromatic carbocycles. The number of amides is 2. The molecule has 0 spiro atoms. The summed E-state index contributed by atoms with van der Waals surface area (Å²) in [4.78, 5) is 29.5. The highest BCUT2D eigenvalue weighted by Gasteiger charge is 2.49. The molecule has 3 heterocycles. The minimum atomic E-state index is -2.55. The maximum Gasteiger partial charge on any atom is 0.255 e. The van der Waals surface area contributed by atoms with Gasteiger partial charge in [-0.3, -0.25) is 14.5 Å². The Morgan fingerprint density at radius 1 is 1.06 bits per heavy atom. The van der Waals surface area contributed by atoms with Gasteiger partial charge in [0.1, 0.15) is 17.9 Å². The van der Waals surface area contributed by atoms with Gasteiger partial charge in [-0.1, -0.05) is 13.0 Å². The van der Waals surface area contributed by atoms with Gasteiger partial charge in [-0.25, -0.2) is 8.78 Å². The fourth-order valence-corrected chi connectivity index (χ4v) is 6.31. The van der Waals surface area contributed by atoms with E-state index in [-0.39, 0.29) is 49.0 Å². The molecule has 7 nitrogen and oxygen atoms in total. The topological polar surface area (TPSA) is 71.1 Å². The molecular formula is C27H33F2N3O4. The molecule has 2 saturated heterocycles. The number of hydrogen-bond acceptors (Lipinski definition) is 5. The Labute approximate surface area is 209 Å². The van der Waals surface area contributed by atoms with Crippen LogP contribution in [0.25, 0.3) is 0 Å². The first-order chi connectivity index (χ1) is 17.3. The second-order valence-electron chi connectivity index (χ2n) is 11.0. The first-order valence-electron chi connectivity index (χ1n) is 13.1. The van der Waals surface area contributed by atoms with Crippen LogP contribution in [0.4, 0.5) is 8.78 Å². The maximum absolute atomic E-state index is 13.1. The van der Waals surface area contributed by atoms with Gasteiger partial charge in [0, 0.05) is 49.8 Å². The van der Waals surface area contributed by atoms with Gasteiger partial charge in [-0.05, 0) is 55.9 Å². The third kappa shape index (κ3) is 4.52. The lowest BCUT2D eigenvalue weighted by atomic mass is 9.88. The summed E-state index contributed by atoms with van der Waals surface area (Å²) in [5.41, 5.74) is 2.21. The number of hydrogen-bond donors (Lipinski definition) is 1. The van der Waals surface area contributed by atoms with E-state index >= 15 is 0 Å². The van der Waals surface area contributed by atoms with Crippen LogP contribution in [0.15, 0.2) is 30.5 Å². The predicted octanol–water partition coefficient (Wildman–Crippen LogP) is 3.62. The average molecular weight is 502 g/mol. The minimum absolute atomic E-state index is 0.0276. The summed E-state index contributed by atoms with van der Waals surface area (Å²) in [6.07, 6.45) is 4.94. The van der Waals surface area contributed by atoms with Gasteiger partial charge in [0.05, 0.1) is 12.2 Å². The van der Waals surface area contributed by atoms with Crippen molar-refractivity contribution in [3.63, 3.8) is 0 Å². The quantitative estimate of drug-likeness (QED) is 0.645. The molecule has 0 radical (unpaired) electrons. The van der Waals surface area contributed by atoms with Crippen molar-refractivity contribution in [2.75, 3.05) is 13.1 Å². The minimum Gasteiger partial charge on any atom is -0.489 e. The number of fused-ring (bicyclic) bond motifs is 1. The van der Waals surface area contributed by atoms with Crippen LogP contribution in [0.3, 0.4) is 0 Å². The molecular weight excluding hydrogens is 468 g/mol. The molecule has 1 aromatic rings. The van der Waals surface area contributed by atoms with Gasteiger partial charge in [0.15, 0.2) is 0 Å². The van der Waals surface area contributed by atoms with Gasteiger partial charge >= 0.3 is 0 Å². The molecule has 0 aromatic heterocycles. The summed E-state index contributed by atoms with van der Waals surface area (Å²) in [6.45, 7) is 5.74. The lowest BCUT2D eigenvalue weighted by molar-refractivity contribution is -0.207. The number of carbonyl (C=O) groups excluding carboxylic acids is 2. The number of carbonyl (C=O) groups is 2. The number of alkyl halides is 2. The van der Waals surface area contributed by atoms with E-state index in [0.29, 0.717) is 30.6 Å². The summed E-state index contributed by atoms with van der Waals surface area (Å²) in [6, 6.07) is 5.40. The Morgan fingerprint density at radius 2 is 1.83 bits per heavy atom. The molecule has 1 unspecified atom stereocenters. The molecule has 36 heavy (non-hydrogen) atoms. The number of benzene rings is 1. The van der Waals surface area contributed by atoms with E-state index < -0.39 is 12.0 Å². The molecule has 2 aliphatic carbocycles. The largest absolute Gasteiger partial charge is 0.489 e. The molecule has 6 rings (SSSR count). The Morgan fingerprint density at radius 3 is 2.58 bits per heavy atom. The number of ether oxygens (including phenoxy) is 2. The van der Waals surface area contributed by atoms with Gasteiger partial charge in [-0.2, -0.15) is 0 Å². The molecule has 1 N–H and O–H groups in total. The molecule has 4 fully saturated rings. The lowest BCUT2D eigenvalue weighted by Gasteiger charge is -2.50. The van der Waals surface area contributed by atoms with E-state index in [4.69, 9.17) is 9.47 Å². The zero-order chi connectivity index (χ0) is 25.0. The average Bonchev–Trinajstić information content (AvgIpc) is 3.11. The Bertz CT molecular complexity index is 1070. The van der Waals surface area contributed by atoms with E-state index in [0.717, 1.165) is 50.1 Å². The van der Waals surface area contributed by atoms with Gasteiger partial charge < -0.3 is 19.7 Å². The Kier molecular flexibility index (Phi) is 6.03. The fraction of sp³-hybridized carbons (Fsp3) is 0.630. The van der Waals surface area contributed by atoms with Crippen molar-refractivity contribution in [2.24, 2.45) is 0 Å². The number of nitrogens with zero attached hydrogens (tertiary/aromatic N) is 2. The molecule has 9 heteroatoms. The van der Waals surface area contributed by atoms with Crippen LogP contribution in [-0.4, -0.2) is 71.0 Å². The van der Waals surface area contributed by atoms with E-state index in [9.17, 15) is 18.4 Å². The fourth-order valence-electron chi connectivity index (χ4n) is 6.31. The standard InChI is InChI=1S/C27H33F2N3O4/c1-16-6-9-23(25(33)30-16)32-13-17-10-18(7-8-21(17)26(32)34)36-24-5-3-2-4-22(24)31-14-20(15-31)35-19-11-27(28,29)12-19/h7-8,10,19-20,22-24H,1-6,9,11-15H2,(H,30,33)/t22-,23?,24+/m0/s1. The van der Waals surface area contributed by atoms with Gasteiger partial charge in [-0.15, -0.1) is 0 Å². The van der Waals surface area contributed by atoms with Crippen molar-refractivity contribution >= 4 is 11.8 Å². The summed E-state index contributed by atoms with van der Waals surface area (Å²) >= 11 is 0. The first kappa shape index (κ1) is 23.9. The van der Waals surface area contributed by atoms with E-state index in [1.165, 1.54) is 0 Å². The van der Waals surface area contributed by atoms with E-state index in [1.807, 2.05) is 18.2 Å². The third-order valence-electron chi connectivity index (χ3n) is 8.35. The molecule has 3 atom stereocenters.